The van der Waals surface area contributed by atoms with Crippen molar-refractivity contribution >= 4 is 5.69 Å². The van der Waals surface area contributed by atoms with Gasteiger partial charge in [0.2, 0.25) is 29.1 Å². The summed E-state index contributed by atoms with van der Waals surface area (Å²) in [7, 11) is 0. The van der Waals surface area contributed by atoms with Crippen LogP contribution in [0.4, 0.5) is 36.6 Å². The quantitative estimate of drug-likeness (QED) is 0.241. The first kappa shape index (κ1) is 11.7. The minimum Gasteiger partial charge on any atom is -0.547 e. The zero-order chi connectivity index (χ0) is 12.0. The number of hydrogen-bond acceptors (Lipinski definition) is 1. The van der Waals surface area contributed by atoms with Crippen LogP contribution < -0.4 is 5.09 Å². The molecule has 0 aromatic heterocycles. The van der Waals surface area contributed by atoms with Gasteiger partial charge in [0.15, 0.2) is 0 Å². The lowest BCUT2D eigenvalue weighted by Gasteiger charge is -2.16. The summed E-state index contributed by atoms with van der Waals surface area (Å²) in [5.74, 6) is -13.5. The topological polar surface area (TPSA) is 23.1 Å². The Morgan fingerprint density at radius 3 is 1.20 bits per heavy atom. The van der Waals surface area contributed by atoms with Crippen LogP contribution in [-0.4, -0.2) is 0 Å². The summed E-state index contributed by atoms with van der Waals surface area (Å²) < 4.78 is 85.7. The second kappa shape index (κ2) is 3.35. The third-order valence-corrected chi connectivity index (χ3v) is 1.45. The van der Waals surface area contributed by atoms with Crippen molar-refractivity contribution < 1.29 is 30.9 Å². The lowest BCUT2D eigenvalue weighted by Crippen LogP contribution is -2.25. The van der Waals surface area contributed by atoms with Gasteiger partial charge in [-0.1, -0.05) is 0 Å². The molecule has 0 saturated heterocycles. The normalized spacial score (nSPS) is 12.0. The van der Waals surface area contributed by atoms with Gasteiger partial charge in [0.05, 0.1) is 14.1 Å². The van der Waals surface area contributed by atoms with Crippen molar-refractivity contribution in [3.63, 3.8) is 0 Å². The molecule has 9 heteroatoms. The molecule has 0 spiro atoms. The first-order chi connectivity index (χ1) is 6.68. The van der Waals surface area contributed by atoms with Crippen LogP contribution in [0.1, 0.15) is 0 Å². The van der Waals surface area contributed by atoms with E-state index in [1.54, 1.807) is 0 Å². The highest BCUT2D eigenvalue weighted by molar-refractivity contribution is 5.44. The van der Waals surface area contributed by atoms with Crippen molar-refractivity contribution in [1.29, 1.82) is 0 Å². The largest absolute Gasteiger partial charge is 0.547 e. The van der Waals surface area contributed by atoms with E-state index >= 15 is 0 Å². The predicted octanol–water partition coefficient (Wildman–Crippen LogP) is 2.96. The Morgan fingerprint density at radius 1 is 0.667 bits per heavy atom. The van der Waals surface area contributed by atoms with Crippen LogP contribution in [0.3, 0.4) is 0 Å². The molecule has 0 atom stereocenters. The van der Waals surface area contributed by atoms with E-state index in [1.165, 1.54) is 0 Å². The predicted molar refractivity (Wildman–Crippen MR) is 33.6 cm³/mol. The number of nitrogens with zero attached hydrogens (tertiary/aromatic N) is 1. The maximum Gasteiger partial charge on any atom is 0.291 e. The van der Waals surface area contributed by atoms with Gasteiger partial charge in [0.1, 0.15) is 0 Å². The fourth-order valence-electron chi connectivity index (χ4n) is 0.822. The molecule has 0 aliphatic rings. The molecule has 0 aliphatic carbocycles. The molecular formula is C6F7NO. The van der Waals surface area contributed by atoms with E-state index in [2.05, 4.69) is 0 Å². The highest BCUT2D eigenvalue weighted by Crippen LogP contribution is 2.34. The first-order valence-corrected chi connectivity index (χ1v) is 3.19. The van der Waals surface area contributed by atoms with Gasteiger partial charge < -0.3 is 5.21 Å². The molecule has 2 nitrogen and oxygen atoms in total. The smallest absolute Gasteiger partial charge is 0.291 e. The molecule has 15 heavy (non-hydrogen) atoms. The maximum atomic E-state index is 12.5. The van der Waals surface area contributed by atoms with Crippen molar-refractivity contribution in [2.24, 2.45) is 0 Å². The Labute approximate surface area is 77.2 Å². The summed E-state index contributed by atoms with van der Waals surface area (Å²) in [6, 6.07) is 0. The summed E-state index contributed by atoms with van der Waals surface area (Å²) in [6.07, 6.45) is 0. The van der Waals surface area contributed by atoms with Crippen LogP contribution in [0.2, 0.25) is 0 Å². The number of quaternary nitrogens is 1. The molecule has 1 rings (SSSR count). The van der Waals surface area contributed by atoms with Gasteiger partial charge in [0.25, 0.3) is 5.69 Å². The molecule has 0 fully saturated rings. The van der Waals surface area contributed by atoms with E-state index in [1.807, 2.05) is 0 Å². The fourth-order valence-corrected chi connectivity index (χ4v) is 0.822. The van der Waals surface area contributed by atoms with E-state index in [4.69, 9.17) is 0 Å². The Morgan fingerprint density at radius 2 is 0.933 bits per heavy atom. The number of rotatable bonds is 1. The van der Waals surface area contributed by atoms with Gasteiger partial charge in [0, 0.05) is 0 Å². The number of hydrogen-bond donors (Lipinski definition) is 0. The zero-order valence-electron chi connectivity index (χ0n) is 6.50. The van der Waals surface area contributed by atoms with Crippen molar-refractivity contribution in [3.8, 4) is 0 Å². The summed E-state index contributed by atoms with van der Waals surface area (Å²) in [5.41, 5.74) is -2.74. The summed E-state index contributed by atoms with van der Waals surface area (Å²) in [6.45, 7) is 0. The molecule has 1 aromatic rings. The van der Waals surface area contributed by atoms with E-state index in [0.29, 0.717) is 0 Å². The standard InChI is InChI=1S/C6F7NO/c7-1-2(8)4(10)6(14(12,13)15)5(11)3(1)9. The lowest BCUT2D eigenvalue weighted by atomic mass is 10.2. The third-order valence-electron chi connectivity index (χ3n) is 1.45. The molecule has 0 amide bonds. The second-order valence-electron chi connectivity index (χ2n) is 2.38. The average molecular weight is 235 g/mol. The van der Waals surface area contributed by atoms with Crippen LogP contribution in [-0.2, 0) is 0 Å². The molecular weight excluding hydrogens is 235 g/mol. The Hall–Kier alpha value is -1.35. The van der Waals surface area contributed by atoms with E-state index in [-0.39, 0.29) is 0 Å². The van der Waals surface area contributed by atoms with E-state index in [9.17, 15) is 36.1 Å². The molecule has 0 N–H and O–H groups in total. The summed E-state index contributed by atoms with van der Waals surface area (Å²) in [5, 5.41) is 5.09. The number of benzene rings is 1. The third kappa shape index (κ3) is 1.75. The van der Waals surface area contributed by atoms with Gasteiger partial charge in [-0.15, -0.1) is 0 Å². The molecule has 0 saturated carbocycles. The van der Waals surface area contributed by atoms with Crippen molar-refractivity contribution in [3.05, 3.63) is 34.3 Å². The number of halogens is 7. The Balaban J connectivity index is 3.68. The second-order valence-corrected chi connectivity index (χ2v) is 2.38. The van der Waals surface area contributed by atoms with Crippen LogP contribution in [0.5, 0.6) is 0 Å². The monoisotopic (exact) mass is 235 g/mol. The highest BCUT2D eigenvalue weighted by atomic mass is 19.4. The molecule has 1 aromatic carbocycles. The Kier molecular flexibility index (Phi) is 2.62. The SMILES string of the molecule is [O-][N+](F)(F)c1c(F)c(F)c(F)c(F)c1F. The van der Waals surface area contributed by atoms with Gasteiger partial charge >= 0.3 is 0 Å². The van der Waals surface area contributed by atoms with E-state index in [0.717, 1.165) is 0 Å². The van der Waals surface area contributed by atoms with Crippen molar-refractivity contribution in [2.45, 2.75) is 0 Å². The van der Waals surface area contributed by atoms with Gasteiger partial charge in [-0.2, -0.15) is 8.78 Å². The zero-order valence-corrected chi connectivity index (χ0v) is 6.50. The molecule has 0 aliphatic heterocycles. The summed E-state index contributed by atoms with van der Waals surface area (Å²) in [4.78, 5) is 0. The Bertz CT molecular complexity index is 384. The van der Waals surface area contributed by atoms with E-state index < -0.39 is 39.9 Å². The van der Waals surface area contributed by atoms with Gasteiger partial charge in [-0.3, -0.25) is 0 Å². The van der Waals surface area contributed by atoms with Gasteiger partial charge in [-0.05, 0) is 0 Å². The van der Waals surface area contributed by atoms with Gasteiger partial charge in [-0.25, -0.2) is 13.2 Å². The minimum absolute atomic E-state index is 2.61. The van der Waals surface area contributed by atoms with Crippen molar-refractivity contribution in [2.75, 3.05) is 0 Å². The molecule has 0 heterocycles. The van der Waals surface area contributed by atoms with Crippen LogP contribution in [0.25, 0.3) is 0 Å². The lowest BCUT2D eigenvalue weighted by molar-refractivity contribution is -0.0951. The molecule has 84 valence electrons. The molecule has 0 unspecified atom stereocenters. The molecule has 0 bridgehead atoms. The van der Waals surface area contributed by atoms with Crippen molar-refractivity contribution in [1.82, 2.24) is 5.09 Å². The minimum atomic E-state index is -4.74. The van der Waals surface area contributed by atoms with Crippen LogP contribution in [0, 0.1) is 34.3 Å². The average Bonchev–Trinajstić information content (AvgIpc) is 2.09. The summed E-state index contributed by atoms with van der Waals surface area (Å²) >= 11 is 0. The first-order valence-electron chi connectivity index (χ1n) is 3.19. The molecule has 0 radical (unpaired) electrons. The highest BCUT2D eigenvalue weighted by Gasteiger charge is 2.39. The van der Waals surface area contributed by atoms with Crippen LogP contribution in [0.15, 0.2) is 0 Å². The fraction of sp³-hybridized carbons (Fsp3) is 0. The maximum absolute atomic E-state index is 12.5. The van der Waals surface area contributed by atoms with Crippen LogP contribution >= 0.6 is 0 Å².